The Morgan fingerprint density at radius 1 is 1.10 bits per heavy atom. The van der Waals surface area contributed by atoms with Gasteiger partial charge < -0.3 is 24.3 Å². The summed E-state index contributed by atoms with van der Waals surface area (Å²) in [4.78, 5) is 45.5. The van der Waals surface area contributed by atoms with Crippen molar-refractivity contribution < 1.29 is 38.3 Å². The predicted molar refractivity (Wildman–Crippen MR) is 99.2 cm³/mol. The van der Waals surface area contributed by atoms with Crippen LogP contribution in [-0.2, 0) is 19.0 Å². The van der Waals surface area contributed by atoms with Crippen LogP contribution in [-0.4, -0.2) is 41.6 Å². The van der Waals surface area contributed by atoms with Gasteiger partial charge in [0.05, 0.1) is 4.92 Å². The molecule has 0 unspecified atom stereocenters. The van der Waals surface area contributed by atoms with E-state index in [-0.39, 0.29) is 17.4 Å². The fourth-order valence-electron chi connectivity index (χ4n) is 1.92. The van der Waals surface area contributed by atoms with Gasteiger partial charge in [0.1, 0.15) is 17.4 Å². The predicted octanol–water partition coefficient (Wildman–Crippen LogP) is 3.16. The molecule has 1 amide bonds. The number of rotatable bonds is 7. The number of nitrogens with one attached hydrogen (secondary N) is 1. The van der Waals surface area contributed by atoms with Crippen LogP contribution in [0, 0.1) is 16.0 Å². The average Bonchev–Trinajstić information content (AvgIpc) is 2.58. The lowest BCUT2D eigenvalue weighted by atomic mass is 10.1. The van der Waals surface area contributed by atoms with Crippen molar-refractivity contribution in [3.63, 3.8) is 0 Å². The molecule has 0 aliphatic rings. The monoisotopic (exact) mass is 412 g/mol. The van der Waals surface area contributed by atoms with Crippen LogP contribution in [0.3, 0.4) is 0 Å². The minimum Gasteiger partial charge on any atom is -0.444 e. The molecular formula is C18H24N2O9. The maximum Gasteiger partial charge on any atom is 0.516 e. The number of nitro groups is 1. The van der Waals surface area contributed by atoms with E-state index in [1.807, 2.05) is 0 Å². The molecule has 160 valence electrons. The smallest absolute Gasteiger partial charge is 0.444 e. The summed E-state index contributed by atoms with van der Waals surface area (Å²) in [5.74, 6) is -1.13. The van der Waals surface area contributed by atoms with Crippen LogP contribution in [0.1, 0.15) is 34.6 Å². The van der Waals surface area contributed by atoms with Crippen molar-refractivity contribution >= 4 is 23.9 Å². The fraction of sp³-hybridized carbons (Fsp3) is 0.500. The molecule has 0 spiro atoms. The summed E-state index contributed by atoms with van der Waals surface area (Å²) < 4.78 is 19.4. The second kappa shape index (κ2) is 10.2. The minimum atomic E-state index is -1.17. The maximum absolute atomic E-state index is 12.1. The van der Waals surface area contributed by atoms with Gasteiger partial charge in [-0.3, -0.25) is 10.1 Å². The lowest BCUT2D eigenvalue weighted by Gasteiger charge is -2.24. The summed E-state index contributed by atoms with van der Waals surface area (Å²) in [7, 11) is 0. The van der Waals surface area contributed by atoms with E-state index in [2.05, 4.69) is 10.1 Å². The van der Waals surface area contributed by atoms with Gasteiger partial charge in [-0.1, -0.05) is 13.8 Å². The Morgan fingerprint density at radius 2 is 1.69 bits per heavy atom. The van der Waals surface area contributed by atoms with Crippen LogP contribution in [0.2, 0.25) is 0 Å². The maximum atomic E-state index is 12.1. The zero-order chi connectivity index (χ0) is 22.2. The Kier molecular flexibility index (Phi) is 8.37. The second-order valence-electron chi connectivity index (χ2n) is 7.20. The van der Waals surface area contributed by atoms with Gasteiger partial charge in [-0.15, -0.1) is 0 Å². The molecule has 1 aromatic rings. The SMILES string of the molecule is CC(C)[C@H](NC(=O)OC(C)(C)C)C(=O)OCOC(=O)Oc1ccc([N+](=O)[O-])cc1. The highest BCUT2D eigenvalue weighted by molar-refractivity contribution is 5.81. The van der Waals surface area contributed by atoms with Crippen molar-refractivity contribution in [3.8, 4) is 5.75 Å². The molecule has 0 saturated heterocycles. The highest BCUT2D eigenvalue weighted by atomic mass is 16.8. The fourth-order valence-corrected chi connectivity index (χ4v) is 1.92. The number of non-ortho nitro benzene ring substituents is 1. The van der Waals surface area contributed by atoms with Crippen LogP contribution >= 0.6 is 0 Å². The molecule has 11 nitrogen and oxygen atoms in total. The molecule has 1 N–H and O–H groups in total. The average molecular weight is 412 g/mol. The number of carbonyl (C=O) groups excluding carboxylic acids is 3. The number of hydrogen-bond acceptors (Lipinski definition) is 9. The highest BCUT2D eigenvalue weighted by Gasteiger charge is 2.28. The standard InChI is InChI=1S/C18H24N2O9/c1-11(2)14(19-16(22)29-18(3,4)5)15(21)26-10-27-17(23)28-13-8-6-12(7-9-13)20(24)25/h6-9,11,14H,10H2,1-5H3,(H,19,22)/t14-/m0/s1. The number of esters is 1. The third-order valence-corrected chi connectivity index (χ3v) is 3.22. The van der Waals surface area contributed by atoms with E-state index in [1.54, 1.807) is 34.6 Å². The van der Waals surface area contributed by atoms with Gasteiger partial charge in [0, 0.05) is 12.1 Å². The number of amides is 1. The van der Waals surface area contributed by atoms with E-state index in [1.165, 1.54) is 12.1 Å². The molecule has 1 aromatic carbocycles. The highest BCUT2D eigenvalue weighted by Crippen LogP contribution is 2.17. The molecule has 0 bridgehead atoms. The summed E-state index contributed by atoms with van der Waals surface area (Å²) in [6, 6.07) is 3.71. The summed E-state index contributed by atoms with van der Waals surface area (Å²) >= 11 is 0. The molecule has 0 fully saturated rings. The van der Waals surface area contributed by atoms with Crippen molar-refractivity contribution in [3.05, 3.63) is 34.4 Å². The number of carbonyl (C=O) groups is 3. The minimum absolute atomic E-state index is 0.0126. The van der Waals surface area contributed by atoms with Gasteiger partial charge in [-0.2, -0.15) is 0 Å². The van der Waals surface area contributed by atoms with Gasteiger partial charge in [-0.05, 0) is 38.8 Å². The number of nitro benzene ring substituents is 1. The molecule has 1 rings (SSSR count). The van der Waals surface area contributed by atoms with Crippen LogP contribution in [0.5, 0.6) is 5.75 Å². The number of benzene rings is 1. The Hall–Kier alpha value is -3.37. The van der Waals surface area contributed by atoms with Gasteiger partial charge in [-0.25, -0.2) is 14.4 Å². The van der Waals surface area contributed by atoms with Crippen LogP contribution in [0.4, 0.5) is 15.3 Å². The van der Waals surface area contributed by atoms with Gasteiger partial charge in [0.2, 0.25) is 6.79 Å². The molecule has 0 saturated carbocycles. The molecular weight excluding hydrogens is 388 g/mol. The third kappa shape index (κ3) is 8.91. The molecule has 1 atom stereocenters. The molecule has 29 heavy (non-hydrogen) atoms. The van der Waals surface area contributed by atoms with E-state index in [4.69, 9.17) is 14.2 Å². The van der Waals surface area contributed by atoms with Crippen molar-refractivity contribution in [1.82, 2.24) is 5.32 Å². The molecule has 0 aliphatic carbocycles. The van der Waals surface area contributed by atoms with E-state index < -0.39 is 41.6 Å². The summed E-state index contributed by atoms with van der Waals surface area (Å²) in [5.41, 5.74) is -0.905. The zero-order valence-electron chi connectivity index (χ0n) is 16.8. The first-order valence-electron chi connectivity index (χ1n) is 8.64. The van der Waals surface area contributed by atoms with Gasteiger partial charge >= 0.3 is 18.2 Å². The summed E-state index contributed by atoms with van der Waals surface area (Å²) in [6.07, 6.45) is -1.96. The number of ether oxygens (including phenoxy) is 4. The van der Waals surface area contributed by atoms with Gasteiger partial charge in [0.15, 0.2) is 0 Å². The third-order valence-electron chi connectivity index (χ3n) is 3.22. The quantitative estimate of drug-likeness (QED) is 0.235. The Balaban J connectivity index is 2.49. The van der Waals surface area contributed by atoms with Crippen LogP contribution in [0.25, 0.3) is 0 Å². The molecule has 11 heteroatoms. The lowest BCUT2D eigenvalue weighted by molar-refractivity contribution is -0.384. The Bertz CT molecular complexity index is 739. The van der Waals surface area contributed by atoms with E-state index in [9.17, 15) is 24.5 Å². The van der Waals surface area contributed by atoms with E-state index in [0.29, 0.717) is 0 Å². The molecule has 0 radical (unpaired) electrons. The van der Waals surface area contributed by atoms with Crippen molar-refractivity contribution in [2.75, 3.05) is 6.79 Å². The summed E-state index contributed by atoms with van der Waals surface area (Å²) in [5, 5.41) is 13.0. The zero-order valence-corrected chi connectivity index (χ0v) is 16.8. The van der Waals surface area contributed by atoms with Crippen LogP contribution in [0.15, 0.2) is 24.3 Å². The normalized spacial score (nSPS) is 11.9. The molecule has 0 aliphatic heterocycles. The number of hydrogen-bond donors (Lipinski definition) is 1. The lowest BCUT2D eigenvalue weighted by Crippen LogP contribution is -2.47. The number of nitrogens with zero attached hydrogens (tertiary/aromatic N) is 1. The first-order valence-corrected chi connectivity index (χ1v) is 8.64. The molecule has 0 heterocycles. The van der Waals surface area contributed by atoms with Crippen molar-refractivity contribution in [1.29, 1.82) is 0 Å². The van der Waals surface area contributed by atoms with Gasteiger partial charge in [0.25, 0.3) is 5.69 Å². The second-order valence-corrected chi connectivity index (χ2v) is 7.20. The van der Waals surface area contributed by atoms with E-state index in [0.717, 1.165) is 12.1 Å². The van der Waals surface area contributed by atoms with E-state index >= 15 is 0 Å². The first-order chi connectivity index (χ1) is 13.4. The van der Waals surface area contributed by atoms with Crippen LogP contribution < -0.4 is 10.1 Å². The van der Waals surface area contributed by atoms with Crippen molar-refractivity contribution in [2.24, 2.45) is 5.92 Å². The number of alkyl carbamates (subject to hydrolysis) is 1. The first kappa shape index (κ1) is 23.7. The largest absolute Gasteiger partial charge is 0.516 e. The topological polar surface area (TPSA) is 143 Å². The molecule has 0 aromatic heterocycles. The summed E-state index contributed by atoms with van der Waals surface area (Å²) in [6.45, 7) is 7.67. The van der Waals surface area contributed by atoms with Crippen molar-refractivity contribution in [2.45, 2.75) is 46.3 Å². The Labute approximate surface area is 167 Å². The Morgan fingerprint density at radius 3 is 2.17 bits per heavy atom.